The van der Waals surface area contributed by atoms with Crippen LogP contribution in [-0.2, 0) is 9.53 Å². The van der Waals surface area contributed by atoms with Crippen LogP contribution in [0, 0.1) is 12.3 Å². The van der Waals surface area contributed by atoms with E-state index in [1.54, 1.807) is 10.3 Å². The number of aliphatic carboxylic acids is 1. The fraction of sp³-hybridized carbons (Fsp3) is 0.421. The number of nitrogens with zero attached hydrogens (tertiary/aromatic N) is 2. The summed E-state index contributed by atoms with van der Waals surface area (Å²) in [5, 5.41) is 12.2. The highest BCUT2D eigenvalue weighted by Crippen LogP contribution is 2.32. The Morgan fingerprint density at radius 2 is 2.15 bits per heavy atom. The molecule has 6 nitrogen and oxygen atoms in total. The lowest BCUT2D eigenvalue weighted by Gasteiger charge is -2.39. The van der Waals surface area contributed by atoms with E-state index in [-0.39, 0.29) is 19.1 Å². The van der Waals surface area contributed by atoms with Gasteiger partial charge in [-0.25, -0.2) is 4.98 Å². The number of carboxylic acids is 1. The third-order valence-electron chi connectivity index (χ3n) is 4.84. The SMILES string of the molecule is COCC1(C(=O)O)CCCN(C(=O)c2csc(-c3ccccc3C)n2)C1. The van der Waals surface area contributed by atoms with Crippen LogP contribution < -0.4 is 0 Å². The van der Waals surface area contributed by atoms with Crippen LogP contribution in [-0.4, -0.2) is 53.7 Å². The molecule has 1 N–H and O–H groups in total. The lowest BCUT2D eigenvalue weighted by molar-refractivity contribution is -0.155. The molecule has 26 heavy (non-hydrogen) atoms. The van der Waals surface area contributed by atoms with E-state index in [9.17, 15) is 14.7 Å². The minimum absolute atomic E-state index is 0.0949. The number of carbonyl (C=O) groups excluding carboxylic acids is 1. The van der Waals surface area contributed by atoms with E-state index in [1.165, 1.54) is 18.4 Å². The van der Waals surface area contributed by atoms with Gasteiger partial charge in [-0.1, -0.05) is 24.3 Å². The third-order valence-corrected chi connectivity index (χ3v) is 5.71. The minimum atomic E-state index is -1.04. The smallest absolute Gasteiger partial charge is 0.313 e. The third kappa shape index (κ3) is 3.50. The van der Waals surface area contributed by atoms with Gasteiger partial charge in [-0.15, -0.1) is 11.3 Å². The van der Waals surface area contributed by atoms with Gasteiger partial charge >= 0.3 is 5.97 Å². The molecule has 2 aromatic rings. The predicted molar refractivity (Wildman–Crippen MR) is 99.4 cm³/mol. The van der Waals surface area contributed by atoms with Crippen LogP contribution >= 0.6 is 11.3 Å². The number of thiazole rings is 1. The highest BCUT2D eigenvalue weighted by molar-refractivity contribution is 7.13. The quantitative estimate of drug-likeness (QED) is 0.870. The van der Waals surface area contributed by atoms with Crippen LogP contribution in [0.25, 0.3) is 10.6 Å². The van der Waals surface area contributed by atoms with Crippen molar-refractivity contribution in [1.29, 1.82) is 0 Å². The molecule has 0 aliphatic carbocycles. The number of rotatable bonds is 5. The number of aromatic nitrogens is 1. The molecule has 1 amide bonds. The molecule has 1 aromatic carbocycles. The first-order chi connectivity index (χ1) is 12.5. The molecule has 1 atom stereocenters. The minimum Gasteiger partial charge on any atom is -0.481 e. The number of aryl methyl sites for hydroxylation is 1. The topological polar surface area (TPSA) is 79.7 Å². The second kappa shape index (κ2) is 7.55. The normalized spacial score (nSPS) is 20.2. The van der Waals surface area contributed by atoms with Crippen LogP contribution in [0.1, 0.15) is 28.9 Å². The number of amides is 1. The van der Waals surface area contributed by atoms with Crippen molar-refractivity contribution < 1.29 is 19.4 Å². The maximum Gasteiger partial charge on any atom is 0.313 e. The Morgan fingerprint density at radius 3 is 2.85 bits per heavy atom. The molecule has 1 aliphatic heterocycles. The summed E-state index contributed by atoms with van der Waals surface area (Å²) in [5.41, 5.74) is 1.43. The number of carbonyl (C=O) groups is 2. The van der Waals surface area contributed by atoms with E-state index >= 15 is 0 Å². The van der Waals surface area contributed by atoms with E-state index in [4.69, 9.17) is 4.74 Å². The fourth-order valence-electron chi connectivity index (χ4n) is 3.41. The first-order valence-electron chi connectivity index (χ1n) is 8.50. The summed E-state index contributed by atoms with van der Waals surface area (Å²) in [6, 6.07) is 7.90. The number of hydrogen-bond acceptors (Lipinski definition) is 5. The highest BCUT2D eigenvalue weighted by atomic mass is 32.1. The maximum absolute atomic E-state index is 12.9. The van der Waals surface area contributed by atoms with E-state index in [0.717, 1.165) is 16.1 Å². The summed E-state index contributed by atoms with van der Waals surface area (Å²) in [4.78, 5) is 30.7. The standard InChI is InChI=1S/C19H22N2O4S/c1-13-6-3-4-7-14(13)16-20-15(10-26-16)17(22)21-9-5-8-19(11-21,12-25-2)18(23)24/h3-4,6-7,10H,5,8-9,11-12H2,1-2H3,(H,23,24). The zero-order valence-corrected chi connectivity index (χ0v) is 15.7. The molecule has 1 aliphatic rings. The van der Waals surface area contributed by atoms with Gasteiger partial charge in [0.1, 0.15) is 16.1 Å². The molecule has 1 fully saturated rings. The van der Waals surface area contributed by atoms with Crippen LogP contribution in [0.3, 0.4) is 0 Å². The summed E-state index contributed by atoms with van der Waals surface area (Å²) in [6.45, 7) is 2.79. The Morgan fingerprint density at radius 1 is 1.38 bits per heavy atom. The molecule has 138 valence electrons. The number of carboxylic acid groups (broad SMARTS) is 1. The molecule has 0 radical (unpaired) electrons. The van der Waals surface area contributed by atoms with E-state index in [1.807, 2.05) is 31.2 Å². The summed E-state index contributed by atoms with van der Waals surface area (Å²) in [7, 11) is 1.49. The molecule has 1 aromatic heterocycles. The van der Waals surface area contributed by atoms with Gasteiger partial charge in [0.15, 0.2) is 0 Å². The van der Waals surface area contributed by atoms with Crippen molar-refractivity contribution in [1.82, 2.24) is 9.88 Å². The van der Waals surface area contributed by atoms with Crippen LogP contribution in [0.4, 0.5) is 0 Å². The van der Waals surface area contributed by atoms with Crippen LogP contribution in [0.15, 0.2) is 29.6 Å². The van der Waals surface area contributed by atoms with Crippen molar-refractivity contribution in [3.63, 3.8) is 0 Å². The van der Waals surface area contributed by atoms with E-state index in [2.05, 4.69) is 4.98 Å². The summed E-state index contributed by atoms with van der Waals surface area (Å²) in [6.07, 6.45) is 1.14. The molecule has 3 rings (SSSR count). The van der Waals surface area contributed by atoms with Crippen LogP contribution in [0.2, 0.25) is 0 Å². The zero-order chi connectivity index (χ0) is 18.7. The van der Waals surface area contributed by atoms with Crippen molar-refractivity contribution in [3.8, 4) is 10.6 Å². The van der Waals surface area contributed by atoms with Gasteiger partial charge in [-0.05, 0) is 25.3 Å². The molecule has 2 heterocycles. The van der Waals surface area contributed by atoms with Crippen molar-refractivity contribution in [3.05, 3.63) is 40.9 Å². The van der Waals surface area contributed by atoms with E-state index < -0.39 is 11.4 Å². The van der Waals surface area contributed by atoms with E-state index in [0.29, 0.717) is 25.1 Å². The second-order valence-electron chi connectivity index (χ2n) is 6.70. The van der Waals surface area contributed by atoms with Gasteiger partial charge in [-0.3, -0.25) is 9.59 Å². The Balaban J connectivity index is 1.81. The number of ether oxygens (including phenoxy) is 1. The maximum atomic E-state index is 12.9. The van der Waals surface area contributed by atoms with Gasteiger partial charge in [0.25, 0.3) is 5.91 Å². The zero-order valence-electron chi connectivity index (χ0n) is 14.9. The van der Waals surface area contributed by atoms with Gasteiger partial charge in [0.05, 0.1) is 6.61 Å². The molecule has 0 bridgehead atoms. The average molecular weight is 374 g/mol. The lowest BCUT2D eigenvalue weighted by Crippen LogP contribution is -2.52. The Bertz CT molecular complexity index is 815. The molecule has 0 spiro atoms. The van der Waals surface area contributed by atoms with Crippen molar-refractivity contribution >= 4 is 23.2 Å². The van der Waals surface area contributed by atoms with Gasteiger partial charge in [0.2, 0.25) is 0 Å². The fourth-order valence-corrected chi connectivity index (χ4v) is 4.29. The molecular formula is C19H22N2O4S. The summed E-state index contributed by atoms with van der Waals surface area (Å²) < 4.78 is 5.12. The van der Waals surface area contributed by atoms with Crippen molar-refractivity contribution in [2.75, 3.05) is 26.8 Å². The monoisotopic (exact) mass is 374 g/mol. The van der Waals surface area contributed by atoms with Gasteiger partial charge < -0.3 is 14.7 Å². The van der Waals surface area contributed by atoms with Crippen molar-refractivity contribution in [2.45, 2.75) is 19.8 Å². The Kier molecular flexibility index (Phi) is 5.38. The second-order valence-corrected chi connectivity index (χ2v) is 7.56. The first kappa shape index (κ1) is 18.5. The molecule has 7 heteroatoms. The number of likely N-dealkylation sites (tertiary alicyclic amines) is 1. The van der Waals surface area contributed by atoms with Gasteiger partial charge in [0, 0.05) is 31.1 Å². The largest absolute Gasteiger partial charge is 0.481 e. The highest BCUT2D eigenvalue weighted by Gasteiger charge is 2.44. The van der Waals surface area contributed by atoms with Crippen molar-refractivity contribution in [2.24, 2.45) is 5.41 Å². The first-order valence-corrected chi connectivity index (χ1v) is 9.38. The number of piperidine rings is 1. The summed E-state index contributed by atoms with van der Waals surface area (Å²) >= 11 is 1.43. The van der Waals surface area contributed by atoms with Crippen LogP contribution in [0.5, 0.6) is 0 Å². The van der Waals surface area contributed by atoms with Gasteiger partial charge in [-0.2, -0.15) is 0 Å². The summed E-state index contributed by atoms with van der Waals surface area (Å²) in [5.74, 6) is -1.14. The molecular weight excluding hydrogens is 352 g/mol. The Hall–Kier alpha value is -2.25. The number of benzene rings is 1. The lowest BCUT2D eigenvalue weighted by atomic mass is 9.80. The number of hydrogen-bond donors (Lipinski definition) is 1. The molecule has 1 unspecified atom stereocenters. The Labute approximate surface area is 156 Å². The predicted octanol–water partition coefficient (Wildman–Crippen LogP) is 3.07. The molecule has 0 saturated carbocycles. The molecule has 1 saturated heterocycles. The average Bonchev–Trinajstić information content (AvgIpc) is 3.11. The number of methoxy groups -OCH3 is 1.